The van der Waals surface area contributed by atoms with E-state index in [0.29, 0.717) is 17.2 Å². The van der Waals surface area contributed by atoms with Crippen molar-refractivity contribution < 1.29 is 4.39 Å². The van der Waals surface area contributed by atoms with Crippen LogP contribution >= 0.6 is 0 Å². The lowest BCUT2D eigenvalue weighted by atomic mass is 9.95. The molecule has 22 heavy (non-hydrogen) atoms. The molecule has 0 spiro atoms. The number of anilines is 2. The highest BCUT2D eigenvalue weighted by Gasteiger charge is 2.15. The molecule has 116 valence electrons. The van der Waals surface area contributed by atoms with E-state index in [1.165, 1.54) is 0 Å². The molecule has 0 atom stereocenters. The van der Waals surface area contributed by atoms with E-state index in [0.717, 1.165) is 17.5 Å². The van der Waals surface area contributed by atoms with Crippen LogP contribution in [0.4, 0.5) is 16.0 Å². The first-order valence-electron chi connectivity index (χ1n) is 7.05. The Labute approximate surface area is 129 Å². The molecule has 0 aliphatic carbocycles. The van der Waals surface area contributed by atoms with Crippen LogP contribution in [0, 0.1) is 11.7 Å². The van der Waals surface area contributed by atoms with E-state index < -0.39 is 5.82 Å². The summed E-state index contributed by atoms with van der Waals surface area (Å²) in [5.41, 5.74) is 9.23. The fourth-order valence-corrected chi connectivity index (χ4v) is 2.31. The summed E-state index contributed by atoms with van der Waals surface area (Å²) in [5.74, 6) is 0.0999. The first-order chi connectivity index (χ1) is 10.5. The molecule has 0 fully saturated rings. The Bertz CT molecular complexity index is 710. The number of nitrogens with one attached hydrogen (secondary N) is 1. The molecule has 6 heteroatoms. The van der Waals surface area contributed by atoms with Crippen molar-refractivity contribution in [3.63, 3.8) is 0 Å². The van der Waals surface area contributed by atoms with Gasteiger partial charge in [0.05, 0.1) is 6.20 Å². The average Bonchev–Trinajstić information content (AvgIpc) is 2.50. The van der Waals surface area contributed by atoms with Crippen molar-refractivity contribution in [3.05, 3.63) is 35.8 Å². The summed E-state index contributed by atoms with van der Waals surface area (Å²) < 4.78 is 14.1. The van der Waals surface area contributed by atoms with Gasteiger partial charge in [0.1, 0.15) is 5.69 Å². The lowest BCUT2D eigenvalue weighted by Gasteiger charge is -2.14. The maximum absolute atomic E-state index is 14.1. The van der Waals surface area contributed by atoms with Gasteiger partial charge in [0.25, 0.3) is 0 Å². The number of hydrogen-bond acceptors (Lipinski definition) is 5. The van der Waals surface area contributed by atoms with E-state index in [2.05, 4.69) is 20.3 Å². The van der Waals surface area contributed by atoms with Crippen LogP contribution < -0.4 is 11.1 Å². The fraction of sp³-hybridized carbons (Fsp3) is 0.312. The van der Waals surface area contributed by atoms with Gasteiger partial charge in [-0.05, 0) is 18.1 Å². The lowest BCUT2D eigenvalue weighted by Crippen LogP contribution is -2.12. The molecule has 0 saturated heterocycles. The topological polar surface area (TPSA) is 76.2 Å². The summed E-state index contributed by atoms with van der Waals surface area (Å²) in [6.07, 6.45) is 1.15. The Morgan fingerprint density at radius 2 is 2.09 bits per heavy atom. The second-order valence-corrected chi connectivity index (χ2v) is 5.21. The Morgan fingerprint density at radius 1 is 1.36 bits per heavy atom. The molecule has 1 aromatic carbocycles. The highest BCUT2D eigenvalue weighted by molar-refractivity contribution is 6.06. The third kappa shape index (κ3) is 3.05. The third-order valence-corrected chi connectivity index (χ3v) is 3.36. The van der Waals surface area contributed by atoms with Crippen molar-refractivity contribution in [3.8, 4) is 11.3 Å². The molecule has 0 amide bonds. The molecule has 2 aromatic rings. The van der Waals surface area contributed by atoms with Gasteiger partial charge in [0.2, 0.25) is 5.95 Å². The molecule has 1 heterocycles. The van der Waals surface area contributed by atoms with Crippen molar-refractivity contribution in [2.24, 2.45) is 10.9 Å². The van der Waals surface area contributed by atoms with Crippen molar-refractivity contribution >= 4 is 17.3 Å². The number of rotatable bonds is 4. The van der Waals surface area contributed by atoms with Crippen molar-refractivity contribution in [2.45, 2.75) is 13.8 Å². The van der Waals surface area contributed by atoms with Crippen LogP contribution in [0.25, 0.3) is 11.3 Å². The van der Waals surface area contributed by atoms with Gasteiger partial charge in [-0.15, -0.1) is 0 Å². The van der Waals surface area contributed by atoms with Crippen molar-refractivity contribution in [1.82, 2.24) is 9.97 Å². The summed E-state index contributed by atoms with van der Waals surface area (Å²) in [6, 6.07) is 5.32. The molecule has 5 nitrogen and oxygen atoms in total. The Kier molecular flexibility index (Phi) is 4.70. The van der Waals surface area contributed by atoms with Crippen LogP contribution in [0.5, 0.6) is 0 Å². The maximum atomic E-state index is 14.1. The molecular weight excluding hydrogens is 281 g/mol. The standard InChI is InChI=1S/C16H20FN5/c1-9(2)14(19-3)11-7-10(5-6-13(11)18)15-12(17)8-21-16(20-4)22-15/h5-9H,18H2,1-4H3,(H,20,21,22). The van der Waals surface area contributed by atoms with Gasteiger partial charge in [-0.2, -0.15) is 0 Å². The van der Waals surface area contributed by atoms with Gasteiger partial charge in [0.15, 0.2) is 5.82 Å². The maximum Gasteiger partial charge on any atom is 0.223 e. The van der Waals surface area contributed by atoms with E-state index in [-0.39, 0.29) is 11.6 Å². The normalized spacial score (nSPS) is 11.8. The minimum Gasteiger partial charge on any atom is -0.398 e. The second-order valence-electron chi connectivity index (χ2n) is 5.21. The molecule has 0 unspecified atom stereocenters. The molecule has 2 rings (SSSR count). The number of hydrogen-bond donors (Lipinski definition) is 2. The number of nitrogens with two attached hydrogens (primary N) is 1. The van der Waals surface area contributed by atoms with Gasteiger partial charge < -0.3 is 11.1 Å². The molecule has 0 aliphatic rings. The molecule has 0 saturated carbocycles. The SMILES string of the molecule is CN=C(c1cc(-c2nc(NC)ncc2F)ccc1N)C(C)C. The fourth-order valence-electron chi connectivity index (χ4n) is 2.31. The van der Waals surface area contributed by atoms with Crippen LogP contribution in [0.3, 0.4) is 0 Å². The quantitative estimate of drug-likeness (QED) is 0.672. The van der Waals surface area contributed by atoms with Crippen molar-refractivity contribution in [2.75, 3.05) is 25.1 Å². The Balaban J connectivity index is 2.59. The molecule has 3 N–H and O–H groups in total. The first kappa shape index (κ1) is 15.9. The van der Waals surface area contributed by atoms with Crippen LogP contribution in [0.2, 0.25) is 0 Å². The van der Waals surface area contributed by atoms with Crippen LogP contribution in [-0.4, -0.2) is 29.8 Å². The summed E-state index contributed by atoms with van der Waals surface area (Å²) in [7, 11) is 3.41. The summed E-state index contributed by atoms with van der Waals surface area (Å²) in [5, 5.41) is 2.81. The van der Waals surface area contributed by atoms with Crippen LogP contribution in [0.1, 0.15) is 19.4 Å². The number of benzene rings is 1. The van der Waals surface area contributed by atoms with Gasteiger partial charge in [-0.25, -0.2) is 14.4 Å². The number of halogens is 1. The van der Waals surface area contributed by atoms with E-state index >= 15 is 0 Å². The van der Waals surface area contributed by atoms with Crippen molar-refractivity contribution in [1.29, 1.82) is 0 Å². The van der Waals surface area contributed by atoms with Gasteiger partial charge in [-0.1, -0.05) is 19.9 Å². The average molecular weight is 301 g/mol. The monoisotopic (exact) mass is 301 g/mol. The summed E-state index contributed by atoms with van der Waals surface area (Å²) in [4.78, 5) is 12.3. The minimum absolute atomic E-state index is 0.214. The Morgan fingerprint density at radius 3 is 2.68 bits per heavy atom. The minimum atomic E-state index is -0.478. The largest absolute Gasteiger partial charge is 0.398 e. The van der Waals surface area contributed by atoms with E-state index in [1.807, 2.05) is 19.9 Å². The van der Waals surface area contributed by atoms with Gasteiger partial charge >= 0.3 is 0 Å². The number of nitrogen functional groups attached to an aromatic ring is 1. The zero-order chi connectivity index (χ0) is 16.3. The van der Waals surface area contributed by atoms with Gasteiger partial charge in [-0.3, -0.25) is 4.99 Å². The highest BCUT2D eigenvalue weighted by Crippen LogP contribution is 2.27. The zero-order valence-corrected chi connectivity index (χ0v) is 13.2. The zero-order valence-electron chi connectivity index (χ0n) is 13.2. The third-order valence-electron chi connectivity index (χ3n) is 3.36. The number of nitrogens with zero attached hydrogens (tertiary/aromatic N) is 3. The summed E-state index contributed by atoms with van der Waals surface area (Å²) in [6.45, 7) is 4.08. The van der Waals surface area contributed by atoms with E-state index in [4.69, 9.17) is 5.73 Å². The van der Waals surface area contributed by atoms with E-state index in [9.17, 15) is 4.39 Å². The van der Waals surface area contributed by atoms with Crippen LogP contribution in [0.15, 0.2) is 29.4 Å². The first-order valence-corrected chi connectivity index (χ1v) is 7.05. The smallest absolute Gasteiger partial charge is 0.223 e. The lowest BCUT2D eigenvalue weighted by molar-refractivity contribution is 0.619. The molecular formula is C16H20FN5. The molecule has 1 aromatic heterocycles. The summed E-state index contributed by atoms with van der Waals surface area (Å²) >= 11 is 0. The molecule has 0 aliphatic heterocycles. The Hall–Kier alpha value is -2.50. The van der Waals surface area contributed by atoms with Gasteiger partial charge in [0, 0.05) is 36.6 Å². The highest BCUT2D eigenvalue weighted by atomic mass is 19.1. The predicted molar refractivity (Wildman–Crippen MR) is 88.7 cm³/mol. The van der Waals surface area contributed by atoms with Crippen LogP contribution in [-0.2, 0) is 0 Å². The molecule has 0 radical (unpaired) electrons. The second kappa shape index (κ2) is 6.51. The molecule has 0 bridgehead atoms. The van der Waals surface area contributed by atoms with E-state index in [1.54, 1.807) is 26.2 Å². The predicted octanol–water partition coefficient (Wildman–Crippen LogP) is 2.98. The number of aliphatic imine (C=N–C) groups is 1. The number of aromatic nitrogens is 2.